The molecule has 13 heavy (non-hydrogen) atoms. The highest BCUT2D eigenvalue weighted by atomic mass is 35.5. The number of rotatable bonds is 2. The highest BCUT2D eigenvalue weighted by Crippen LogP contribution is 2.19. The van der Waals surface area contributed by atoms with Gasteiger partial charge in [-0.15, -0.1) is 0 Å². The Morgan fingerprint density at radius 3 is 2.62 bits per heavy atom. The lowest BCUT2D eigenvalue weighted by molar-refractivity contribution is 0.600. The lowest BCUT2D eigenvalue weighted by Crippen LogP contribution is -2.22. The van der Waals surface area contributed by atoms with Gasteiger partial charge < -0.3 is 0 Å². The van der Waals surface area contributed by atoms with Crippen LogP contribution in [0, 0.1) is 5.82 Å². The summed E-state index contributed by atoms with van der Waals surface area (Å²) in [5, 5.41) is 4.85. The van der Waals surface area contributed by atoms with Gasteiger partial charge in [0, 0.05) is 5.02 Å². The summed E-state index contributed by atoms with van der Waals surface area (Å²) in [5.41, 5.74) is -0.269. The molecule has 0 radical (unpaired) electrons. The van der Waals surface area contributed by atoms with E-state index in [-0.39, 0.29) is 10.7 Å². The van der Waals surface area contributed by atoms with Crippen LogP contribution in [-0.4, -0.2) is 8.42 Å². The van der Waals surface area contributed by atoms with Crippen molar-refractivity contribution in [2.24, 2.45) is 5.14 Å². The highest BCUT2D eigenvalue weighted by molar-refractivity contribution is 7.90. The van der Waals surface area contributed by atoms with Crippen molar-refractivity contribution in [2.45, 2.75) is 0 Å². The predicted octanol–water partition coefficient (Wildman–Crippen LogP) is 1.09. The van der Waals surface area contributed by atoms with Gasteiger partial charge in [-0.3, -0.25) is 4.72 Å². The van der Waals surface area contributed by atoms with E-state index in [0.717, 1.165) is 12.1 Å². The molecule has 0 unspecified atom stereocenters. The van der Waals surface area contributed by atoms with Crippen molar-refractivity contribution in [1.82, 2.24) is 0 Å². The molecular weight excluding hydrogens is 219 g/mol. The van der Waals surface area contributed by atoms with Crippen molar-refractivity contribution >= 4 is 27.5 Å². The van der Waals surface area contributed by atoms with Gasteiger partial charge in [0.15, 0.2) is 0 Å². The number of anilines is 1. The summed E-state index contributed by atoms with van der Waals surface area (Å²) in [6.45, 7) is 0. The SMILES string of the molecule is NS(=O)(=O)Nc1cc(Cl)ccc1F. The molecule has 0 bridgehead atoms. The zero-order valence-electron chi connectivity index (χ0n) is 6.29. The molecule has 1 aromatic carbocycles. The third-order valence-corrected chi connectivity index (χ3v) is 1.92. The summed E-state index contributed by atoms with van der Waals surface area (Å²) in [6.07, 6.45) is 0. The second kappa shape index (κ2) is 3.49. The molecule has 0 fully saturated rings. The van der Waals surface area contributed by atoms with Crippen LogP contribution in [0.5, 0.6) is 0 Å². The van der Waals surface area contributed by atoms with Crippen LogP contribution in [0.1, 0.15) is 0 Å². The molecule has 72 valence electrons. The topological polar surface area (TPSA) is 72.2 Å². The number of hydrogen-bond donors (Lipinski definition) is 2. The first-order chi connectivity index (χ1) is 5.88. The first-order valence-electron chi connectivity index (χ1n) is 3.14. The zero-order valence-corrected chi connectivity index (χ0v) is 7.86. The van der Waals surface area contributed by atoms with E-state index < -0.39 is 16.0 Å². The van der Waals surface area contributed by atoms with Gasteiger partial charge in [-0.25, -0.2) is 9.53 Å². The fraction of sp³-hybridized carbons (Fsp3) is 0. The first kappa shape index (κ1) is 10.2. The molecule has 0 aliphatic heterocycles. The van der Waals surface area contributed by atoms with Crippen molar-refractivity contribution in [2.75, 3.05) is 4.72 Å². The Hall–Kier alpha value is -0.850. The van der Waals surface area contributed by atoms with E-state index in [9.17, 15) is 12.8 Å². The second-order valence-corrected chi connectivity index (χ2v) is 4.00. The van der Waals surface area contributed by atoms with Gasteiger partial charge in [-0.2, -0.15) is 8.42 Å². The van der Waals surface area contributed by atoms with Crippen molar-refractivity contribution in [3.63, 3.8) is 0 Å². The van der Waals surface area contributed by atoms with E-state index >= 15 is 0 Å². The molecule has 0 saturated heterocycles. The van der Waals surface area contributed by atoms with Crippen LogP contribution in [0.15, 0.2) is 18.2 Å². The molecular formula is C6H6ClFN2O2S. The van der Waals surface area contributed by atoms with Crippen molar-refractivity contribution in [3.05, 3.63) is 29.0 Å². The van der Waals surface area contributed by atoms with Crippen molar-refractivity contribution < 1.29 is 12.8 Å². The molecule has 0 aliphatic carbocycles. The van der Waals surface area contributed by atoms with Crippen LogP contribution in [0.2, 0.25) is 5.02 Å². The van der Waals surface area contributed by atoms with Gasteiger partial charge >= 0.3 is 0 Å². The Bertz CT molecular complexity index is 421. The van der Waals surface area contributed by atoms with Crippen LogP contribution >= 0.6 is 11.6 Å². The number of nitrogens with two attached hydrogens (primary N) is 1. The Balaban J connectivity index is 3.08. The van der Waals surface area contributed by atoms with Crippen molar-refractivity contribution in [3.8, 4) is 0 Å². The summed E-state index contributed by atoms with van der Waals surface area (Å²) in [6, 6.07) is 3.46. The molecule has 0 saturated carbocycles. The standard InChI is InChI=1S/C6H6ClFN2O2S/c7-4-1-2-5(8)6(3-4)10-13(9,11)12/h1-3,10H,(H2,9,11,12). The largest absolute Gasteiger partial charge is 0.296 e. The average Bonchev–Trinajstić information content (AvgIpc) is 1.94. The Kier molecular flexibility index (Phi) is 2.74. The minimum atomic E-state index is -3.97. The molecule has 0 aromatic heterocycles. The number of benzene rings is 1. The van der Waals surface area contributed by atoms with E-state index in [2.05, 4.69) is 5.14 Å². The molecule has 3 N–H and O–H groups in total. The summed E-state index contributed by atoms with van der Waals surface area (Å²) in [5.74, 6) is -0.738. The smallest absolute Gasteiger partial charge is 0.268 e. The highest BCUT2D eigenvalue weighted by Gasteiger charge is 2.07. The van der Waals surface area contributed by atoms with E-state index in [1.807, 2.05) is 0 Å². The van der Waals surface area contributed by atoms with Gasteiger partial charge in [0.1, 0.15) is 5.82 Å². The van der Waals surface area contributed by atoms with Crippen LogP contribution in [0.25, 0.3) is 0 Å². The Labute approximate surface area is 79.7 Å². The molecule has 0 aliphatic rings. The molecule has 1 rings (SSSR count). The lowest BCUT2D eigenvalue weighted by Gasteiger charge is -2.04. The van der Waals surface area contributed by atoms with E-state index in [0.29, 0.717) is 0 Å². The molecule has 0 amide bonds. The fourth-order valence-corrected chi connectivity index (χ4v) is 1.36. The van der Waals surface area contributed by atoms with Crippen LogP contribution in [0.4, 0.5) is 10.1 Å². The van der Waals surface area contributed by atoms with Gasteiger partial charge in [-0.05, 0) is 18.2 Å². The first-order valence-corrected chi connectivity index (χ1v) is 5.06. The minimum Gasteiger partial charge on any atom is -0.268 e. The molecule has 7 heteroatoms. The summed E-state index contributed by atoms with van der Waals surface area (Å²) >= 11 is 5.50. The fourth-order valence-electron chi connectivity index (χ4n) is 0.729. The lowest BCUT2D eigenvalue weighted by atomic mass is 10.3. The Morgan fingerprint density at radius 2 is 2.08 bits per heavy atom. The van der Waals surface area contributed by atoms with E-state index in [4.69, 9.17) is 11.6 Å². The maximum atomic E-state index is 12.9. The van der Waals surface area contributed by atoms with E-state index in [1.165, 1.54) is 6.07 Å². The average molecular weight is 225 g/mol. The van der Waals surface area contributed by atoms with Crippen molar-refractivity contribution in [1.29, 1.82) is 0 Å². The summed E-state index contributed by atoms with van der Waals surface area (Å²) in [4.78, 5) is 0. The van der Waals surface area contributed by atoms with Gasteiger partial charge in [0.25, 0.3) is 10.2 Å². The minimum absolute atomic E-state index is 0.215. The maximum absolute atomic E-state index is 12.9. The Morgan fingerprint density at radius 1 is 1.46 bits per heavy atom. The molecule has 0 heterocycles. The number of nitrogens with one attached hydrogen (secondary N) is 1. The molecule has 0 spiro atoms. The molecule has 0 atom stereocenters. The van der Waals surface area contributed by atoms with Crippen LogP contribution < -0.4 is 9.86 Å². The third-order valence-electron chi connectivity index (χ3n) is 1.18. The maximum Gasteiger partial charge on any atom is 0.296 e. The third kappa shape index (κ3) is 3.17. The van der Waals surface area contributed by atoms with Gasteiger partial charge in [0.05, 0.1) is 5.69 Å². The van der Waals surface area contributed by atoms with Gasteiger partial charge in [-0.1, -0.05) is 11.6 Å². The summed E-state index contributed by atoms with van der Waals surface area (Å²) < 4.78 is 35.7. The molecule has 4 nitrogen and oxygen atoms in total. The quantitative estimate of drug-likeness (QED) is 0.790. The van der Waals surface area contributed by atoms with Crippen LogP contribution in [0.3, 0.4) is 0 Å². The van der Waals surface area contributed by atoms with Gasteiger partial charge in [0.2, 0.25) is 0 Å². The monoisotopic (exact) mass is 224 g/mol. The number of halogens is 2. The second-order valence-electron chi connectivity index (χ2n) is 2.27. The predicted molar refractivity (Wildman–Crippen MR) is 48.1 cm³/mol. The van der Waals surface area contributed by atoms with E-state index in [1.54, 1.807) is 4.72 Å². The zero-order chi connectivity index (χ0) is 10.1. The normalized spacial score (nSPS) is 11.3. The number of hydrogen-bond acceptors (Lipinski definition) is 2. The molecule has 1 aromatic rings. The van der Waals surface area contributed by atoms with Crippen LogP contribution in [-0.2, 0) is 10.2 Å². The summed E-state index contributed by atoms with van der Waals surface area (Å²) in [7, 11) is -3.97.